The quantitative estimate of drug-likeness (QED) is 0.552. The molecule has 0 saturated carbocycles. The van der Waals surface area contributed by atoms with Crippen molar-refractivity contribution in [1.29, 1.82) is 0 Å². The summed E-state index contributed by atoms with van der Waals surface area (Å²) in [7, 11) is 0. The van der Waals surface area contributed by atoms with E-state index in [1.165, 1.54) is 0 Å². The Balaban J connectivity index is 1.22. The highest BCUT2D eigenvalue weighted by Gasteiger charge is 2.54. The Bertz CT molecular complexity index is 1150. The number of urea groups is 1. The lowest BCUT2D eigenvalue weighted by Crippen LogP contribution is -2.46. The van der Waals surface area contributed by atoms with E-state index in [1.807, 2.05) is 41.9 Å². The first kappa shape index (κ1) is 18.9. The molecular formula is C22H22N4O3S. The molecule has 2 aromatic heterocycles. The maximum atomic E-state index is 13.2. The van der Waals surface area contributed by atoms with Crippen LogP contribution in [0.25, 0.3) is 10.9 Å². The van der Waals surface area contributed by atoms with Crippen molar-refractivity contribution in [2.75, 3.05) is 13.1 Å². The summed E-state index contributed by atoms with van der Waals surface area (Å²) in [5.74, 6) is -0.657. The summed E-state index contributed by atoms with van der Waals surface area (Å²) in [4.78, 5) is 43.6. The summed E-state index contributed by atoms with van der Waals surface area (Å²) in [5.41, 5.74) is 2.06. The number of aromatic amines is 1. The summed E-state index contributed by atoms with van der Waals surface area (Å²) >= 11 is 1.61. The van der Waals surface area contributed by atoms with Crippen LogP contribution in [-0.2, 0) is 28.0 Å². The Kier molecular flexibility index (Phi) is 4.58. The number of nitrogens with one attached hydrogen (secondary N) is 3. The number of imide groups is 1. The molecule has 3 heterocycles. The second-order valence-corrected chi connectivity index (χ2v) is 8.80. The van der Waals surface area contributed by atoms with Gasteiger partial charge in [-0.1, -0.05) is 18.2 Å². The molecule has 1 spiro atoms. The van der Waals surface area contributed by atoms with Crippen molar-refractivity contribution in [3.8, 4) is 0 Å². The zero-order valence-electron chi connectivity index (χ0n) is 16.4. The first-order valence-electron chi connectivity index (χ1n) is 10.1. The summed E-state index contributed by atoms with van der Waals surface area (Å²) in [6, 6.07) is 9.43. The van der Waals surface area contributed by atoms with Crippen LogP contribution in [0.5, 0.6) is 0 Å². The van der Waals surface area contributed by atoms with E-state index in [-0.39, 0.29) is 18.4 Å². The van der Waals surface area contributed by atoms with Crippen LogP contribution in [0, 0.1) is 0 Å². The largest absolute Gasteiger partial charge is 0.361 e. The van der Waals surface area contributed by atoms with Gasteiger partial charge in [-0.3, -0.25) is 14.5 Å². The van der Waals surface area contributed by atoms with E-state index in [2.05, 4.69) is 15.6 Å². The van der Waals surface area contributed by atoms with Gasteiger partial charge in [0.15, 0.2) is 0 Å². The topological polar surface area (TPSA) is 94.3 Å². The second-order valence-electron chi connectivity index (χ2n) is 7.80. The Morgan fingerprint density at radius 2 is 2.10 bits per heavy atom. The van der Waals surface area contributed by atoms with Crippen LogP contribution in [0.15, 0.2) is 41.9 Å². The van der Waals surface area contributed by atoms with Gasteiger partial charge in [0.05, 0.1) is 0 Å². The standard InChI is InChI=1S/C22H22N4O3S/c27-19(23-10-7-14-12-24-17-5-2-1-4-15(14)17)13-26-20(28)22(25-21(26)29)9-3-6-18-16(22)8-11-30-18/h1-2,4-5,8,11-12,24H,3,6-7,9-10,13H2,(H,23,27)(H,25,29). The molecular weight excluding hydrogens is 400 g/mol. The highest BCUT2D eigenvalue weighted by molar-refractivity contribution is 7.10. The minimum atomic E-state index is -1.00. The third kappa shape index (κ3) is 2.99. The van der Waals surface area contributed by atoms with Crippen LogP contribution in [-0.4, -0.2) is 40.8 Å². The molecule has 2 aliphatic rings. The normalized spacial score (nSPS) is 20.6. The molecule has 30 heavy (non-hydrogen) atoms. The Morgan fingerprint density at radius 1 is 1.23 bits per heavy atom. The number of hydrogen-bond donors (Lipinski definition) is 3. The molecule has 1 atom stereocenters. The Hall–Kier alpha value is -3.13. The fourth-order valence-electron chi connectivity index (χ4n) is 4.56. The molecule has 8 heteroatoms. The van der Waals surface area contributed by atoms with E-state index in [9.17, 15) is 14.4 Å². The van der Waals surface area contributed by atoms with Gasteiger partial charge < -0.3 is 15.6 Å². The molecule has 1 saturated heterocycles. The molecule has 3 N–H and O–H groups in total. The van der Waals surface area contributed by atoms with Crippen molar-refractivity contribution in [1.82, 2.24) is 20.5 Å². The highest BCUT2D eigenvalue weighted by atomic mass is 32.1. The van der Waals surface area contributed by atoms with Gasteiger partial charge in [0, 0.05) is 34.1 Å². The molecule has 1 fully saturated rings. The molecule has 0 bridgehead atoms. The van der Waals surface area contributed by atoms with Gasteiger partial charge in [-0.15, -0.1) is 11.3 Å². The van der Waals surface area contributed by atoms with Crippen molar-refractivity contribution in [3.05, 3.63) is 57.9 Å². The van der Waals surface area contributed by atoms with E-state index in [0.29, 0.717) is 19.4 Å². The van der Waals surface area contributed by atoms with Crippen LogP contribution in [0.1, 0.15) is 28.8 Å². The van der Waals surface area contributed by atoms with Crippen molar-refractivity contribution >= 4 is 40.1 Å². The average Bonchev–Trinajstić information content (AvgIpc) is 3.44. The van der Waals surface area contributed by atoms with Gasteiger partial charge in [-0.05, 0) is 48.8 Å². The summed E-state index contributed by atoms with van der Waals surface area (Å²) in [6.07, 6.45) is 4.94. The van der Waals surface area contributed by atoms with E-state index in [4.69, 9.17) is 0 Å². The second kappa shape index (κ2) is 7.28. The number of aromatic nitrogens is 1. The monoisotopic (exact) mass is 422 g/mol. The third-order valence-corrected chi connectivity index (χ3v) is 7.01. The highest BCUT2D eigenvalue weighted by Crippen LogP contribution is 2.41. The smallest absolute Gasteiger partial charge is 0.325 e. The van der Waals surface area contributed by atoms with Crippen LogP contribution in [0.4, 0.5) is 4.79 Å². The van der Waals surface area contributed by atoms with E-state index >= 15 is 0 Å². The number of H-pyrrole nitrogens is 1. The van der Waals surface area contributed by atoms with Gasteiger partial charge in [0.1, 0.15) is 12.1 Å². The maximum absolute atomic E-state index is 13.2. The number of carbonyl (C=O) groups is 3. The molecule has 0 radical (unpaired) electrons. The fraction of sp³-hybridized carbons (Fsp3) is 0.318. The minimum absolute atomic E-state index is 0.264. The number of benzene rings is 1. The van der Waals surface area contributed by atoms with E-state index in [0.717, 1.165) is 44.6 Å². The Morgan fingerprint density at radius 3 is 3.00 bits per heavy atom. The minimum Gasteiger partial charge on any atom is -0.361 e. The van der Waals surface area contributed by atoms with Gasteiger partial charge in [0.25, 0.3) is 5.91 Å². The van der Waals surface area contributed by atoms with Crippen LogP contribution in [0.3, 0.4) is 0 Å². The van der Waals surface area contributed by atoms with Crippen molar-refractivity contribution in [3.63, 3.8) is 0 Å². The molecule has 1 aliphatic heterocycles. The summed E-state index contributed by atoms with van der Waals surface area (Å²) in [5, 5.41) is 8.80. The molecule has 7 nitrogen and oxygen atoms in total. The van der Waals surface area contributed by atoms with Crippen molar-refractivity contribution in [2.24, 2.45) is 0 Å². The average molecular weight is 423 g/mol. The number of thiophene rings is 1. The molecule has 1 aromatic carbocycles. The number of aryl methyl sites for hydroxylation is 1. The lowest BCUT2D eigenvalue weighted by Gasteiger charge is -2.31. The zero-order valence-corrected chi connectivity index (χ0v) is 17.2. The zero-order chi connectivity index (χ0) is 20.7. The van der Waals surface area contributed by atoms with Crippen LogP contribution in [0.2, 0.25) is 0 Å². The van der Waals surface area contributed by atoms with Crippen molar-refractivity contribution in [2.45, 2.75) is 31.2 Å². The van der Waals surface area contributed by atoms with Gasteiger partial charge in [-0.25, -0.2) is 4.79 Å². The molecule has 154 valence electrons. The number of amides is 4. The first-order valence-corrected chi connectivity index (χ1v) is 11.0. The SMILES string of the molecule is O=C(CN1C(=O)NC2(CCCc3sccc32)C1=O)NCCc1c[nH]c2ccccc12. The molecule has 5 rings (SSSR count). The number of carbonyl (C=O) groups excluding carboxylic acids is 3. The van der Waals surface area contributed by atoms with E-state index < -0.39 is 11.6 Å². The Labute approximate surface area is 177 Å². The summed E-state index contributed by atoms with van der Waals surface area (Å²) < 4.78 is 0. The molecule has 1 aliphatic carbocycles. The number of rotatable bonds is 5. The number of para-hydroxylation sites is 1. The predicted molar refractivity (Wildman–Crippen MR) is 114 cm³/mol. The van der Waals surface area contributed by atoms with Crippen LogP contribution < -0.4 is 10.6 Å². The lowest BCUT2D eigenvalue weighted by molar-refractivity contribution is -0.135. The molecule has 4 amide bonds. The fourth-order valence-corrected chi connectivity index (χ4v) is 5.56. The maximum Gasteiger partial charge on any atom is 0.325 e. The van der Waals surface area contributed by atoms with Gasteiger partial charge in [0.2, 0.25) is 5.91 Å². The number of nitrogens with zero attached hydrogens (tertiary/aromatic N) is 1. The third-order valence-electron chi connectivity index (χ3n) is 6.03. The number of hydrogen-bond acceptors (Lipinski definition) is 4. The molecule has 3 aromatic rings. The summed E-state index contributed by atoms with van der Waals surface area (Å²) in [6.45, 7) is 0.171. The lowest BCUT2D eigenvalue weighted by atomic mass is 9.80. The predicted octanol–water partition coefficient (Wildman–Crippen LogP) is 2.67. The van der Waals surface area contributed by atoms with E-state index in [1.54, 1.807) is 11.3 Å². The van der Waals surface area contributed by atoms with Gasteiger partial charge in [-0.2, -0.15) is 0 Å². The van der Waals surface area contributed by atoms with Crippen LogP contribution >= 0.6 is 11.3 Å². The number of fused-ring (bicyclic) bond motifs is 3. The first-order chi connectivity index (χ1) is 14.6. The molecule has 1 unspecified atom stereocenters. The van der Waals surface area contributed by atoms with Crippen molar-refractivity contribution < 1.29 is 14.4 Å². The van der Waals surface area contributed by atoms with Gasteiger partial charge >= 0.3 is 6.03 Å².